The molecule has 2 aliphatic rings. The van der Waals surface area contributed by atoms with Crippen LogP contribution in [0.3, 0.4) is 0 Å². The molecule has 1 fully saturated rings. The van der Waals surface area contributed by atoms with Gasteiger partial charge in [-0.3, -0.25) is 0 Å². The third-order valence-corrected chi connectivity index (χ3v) is 5.85. The highest BCUT2D eigenvalue weighted by atomic mass is 16.5. The van der Waals surface area contributed by atoms with Crippen LogP contribution in [0.4, 0.5) is 5.82 Å². The molecule has 3 N–H and O–H groups in total. The minimum atomic E-state index is -0.364. The first-order valence-electron chi connectivity index (χ1n) is 10.0. The fraction of sp³-hybridized carbons (Fsp3) is 0.381. The van der Waals surface area contributed by atoms with E-state index in [1.807, 2.05) is 6.07 Å². The van der Waals surface area contributed by atoms with E-state index in [-0.39, 0.29) is 12.1 Å². The fourth-order valence-electron chi connectivity index (χ4n) is 4.43. The highest BCUT2D eigenvalue weighted by Crippen LogP contribution is 2.45. The van der Waals surface area contributed by atoms with Gasteiger partial charge in [-0.2, -0.15) is 0 Å². The van der Waals surface area contributed by atoms with E-state index in [1.165, 1.54) is 31.2 Å². The molecular weight excluding hydrogens is 338 g/mol. The molecule has 1 unspecified atom stereocenters. The van der Waals surface area contributed by atoms with Crippen LogP contribution in [0.1, 0.15) is 50.2 Å². The van der Waals surface area contributed by atoms with E-state index < -0.39 is 0 Å². The Hall–Kier alpha value is -2.73. The Bertz CT molecular complexity index is 1040. The third kappa shape index (κ3) is 2.72. The Morgan fingerprint density at radius 2 is 1.96 bits per heavy atom. The lowest BCUT2D eigenvalue weighted by atomic mass is 9.76. The first-order valence-corrected chi connectivity index (χ1v) is 9.46. The van der Waals surface area contributed by atoms with Gasteiger partial charge in [-0.05, 0) is 48.6 Å². The lowest BCUT2D eigenvalue weighted by Gasteiger charge is -2.35. The van der Waals surface area contributed by atoms with Crippen LogP contribution in [0, 0.1) is 6.92 Å². The number of hydrogen-bond donors (Lipinski definition) is 2. The molecule has 6 nitrogen and oxygen atoms in total. The highest BCUT2D eigenvalue weighted by molar-refractivity contribution is 5.68. The maximum atomic E-state index is 8.55. The molecule has 27 heavy (non-hydrogen) atoms. The van der Waals surface area contributed by atoms with Gasteiger partial charge in [0, 0.05) is 31.1 Å². The second-order valence-electron chi connectivity index (χ2n) is 7.59. The van der Waals surface area contributed by atoms with Crippen LogP contribution in [-0.2, 0) is 12.1 Å². The van der Waals surface area contributed by atoms with Crippen molar-refractivity contribution in [3.63, 3.8) is 0 Å². The number of aryl methyl sites for hydroxylation is 1. The van der Waals surface area contributed by atoms with Gasteiger partial charge in [0.15, 0.2) is 5.76 Å². The Morgan fingerprint density at radius 1 is 1.11 bits per heavy atom. The molecule has 1 aromatic carbocycles. The zero-order valence-electron chi connectivity index (χ0n) is 16.3. The second-order valence-corrected chi connectivity index (χ2v) is 7.59. The van der Waals surface area contributed by atoms with Gasteiger partial charge in [-0.15, -0.1) is 0 Å². The van der Waals surface area contributed by atoms with E-state index >= 15 is 0 Å². The van der Waals surface area contributed by atoms with E-state index in [2.05, 4.69) is 39.5 Å². The summed E-state index contributed by atoms with van der Waals surface area (Å²) >= 11 is 0. The number of nitrogens with one attached hydrogen (secondary N) is 1. The van der Waals surface area contributed by atoms with Crippen molar-refractivity contribution in [1.29, 1.82) is 0 Å². The fourth-order valence-corrected chi connectivity index (χ4v) is 4.43. The van der Waals surface area contributed by atoms with Gasteiger partial charge >= 0.3 is 0 Å². The number of rotatable bonds is 2. The summed E-state index contributed by atoms with van der Waals surface area (Å²) < 4.78 is 14.2. The average molecular weight is 362 g/mol. The van der Waals surface area contributed by atoms with Crippen molar-refractivity contribution < 1.29 is 5.89 Å². The van der Waals surface area contributed by atoms with Crippen molar-refractivity contribution in [3.05, 3.63) is 47.3 Å². The number of benzene rings is 1. The zero-order valence-corrected chi connectivity index (χ0v) is 15.3. The lowest BCUT2D eigenvalue weighted by Crippen LogP contribution is -2.38. The Balaban J connectivity index is 1.58. The van der Waals surface area contributed by atoms with Crippen molar-refractivity contribution in [1.82, 2.24) is 20.4 Å². The first-order chi connectivity index (χ1) is 13.6. The smallest absolute Gasteiger partial charge is 0.167 e. The standard InChI is InChI=1S/C21H23N5O/c1-13-7-14(8-16-15(13)11-25-21(16)5-3-2-4-6-21)19-9-18(26-27-19)17-10-20(22)24-12-23-17/h7-10,12,25H,2-6,11H2,1H3,(H2,22,23,24)/i11D. The Kier molecular flexibility index (Phi) is 3.50. The molecule has 1 atom stereocenters. The first kappa shape index (κ1) is 15.3. The zero-order chi connectivity index (χ0) is 19.3. The molecule has 5 rings (SSSR count). The van der Waals surface area contributed by atoms with Gasteiger partial charge in [-0.1, -0.05) is 24.4 Å². The van der Waals surface area contributed by atoms with Crippen molar-refractivity contribution in [2.75, 3.05) is 5.73 Å². The number of nitrogen functional groups attached to an aromatic ring is 1. The van der Waals surface area contributed by atoms with Crippen LogP contribution < -0.4 is 11.1 Å². The van der Waals surface area contributed by atoms with E-state index in [9.17, 15) is 0 Å². The third-order valence-electron chi connectivity index (χ3n) is 5.85. The topological polar surface area (TPSA) is 89.9 Å². The van der Waals surface area contributed by atoms with E-state index in [0.29, 0.717) is 23.0 Å². The molecule has 6 heteroatoms. The Morgan fingerprint density at radius 3 is 2.78 bits per heavy atom. The molecule has 2 aromatic heterocycles. The van der Waals surface area contributed by atoms with Crippen LogP contribution in [0.5, 0.6) is 0 Å². The predicted octanol–water partition coefficient (Wildman–Crippen LogP) is 3.95. The molecule has 0 bridgehead atoms. The molecule has 1 aliphatic heterocycles. The molecule has 0 saturated heterocycles. The van der Waals surface area contributed by atoms with Crippen molar-refractivity contribution in [2.45, 2.75) is 51.1 Å². The normalized spacial score (nSPS) is 21.2. The molecular formula is C21H23N5O. The van der Waals surface area contributed by atoms with Gasteiger partial charge in [0.25, 0.3) is 0 Å². The van der Waals surface area contributed by atoms with Crippen molar-refractivity contribution >= 4 is 5.82 Å². The van der Waals surface area contributed by atoms with Crippen molar-refractivity contribution in [2.24, 2.45) is 0 Å². The van der Waals surface area contributed by atoms with Crippen LogP contribution in [0.25, 0.3) is 22.7 Å². The van der Waals surface area contributed by atoms with Crippen LogP contribution in [0.2, 0.25) is 0 Å². The van der Waals surface area contributed by atoms with Crippen LogP contribution in [0.15, 0.2) is 35.1 Å². The average Bonchev–Trinajstić information content (AvgIpc) is 3.27. The van der Waals surface area contributed by atoms with Crippen LogP contribution in [-0.4, -0.2) is 15.1 Å². The van der Waals surface area contributed by atoms with E-state index in [1.54, 1.807) is 6.07 Å². The van der Waals surface area contributed by atoms with Gasteiger partial charge in [0.05, 0.1) is 5.69 Å². The van der Waals surface area contributed by atoms with Gasteiger partial charge in [0.2, 0.25) is 0 Å². The quantitative estimate of drug-likeness (QED) is 0.717. The number of fused-ring (bicyclic) bond motifs is 2. The largest absolute Gasteiger partial charge is 0.384 e. The summed E-state index contributed by atoms with van der Waals surface area (Å²) in [6.07, 6.45) is 7.26. The minimum absolute atomic E-state index is 0.0786. The summed E-state index contributed by atoms with van der Waals surface area (Å²) in [4.78, 5) is 8.14. The highest BCUT2D eigenvalue weighted by Gasteiger charge is 2.40. The SMILES string of the molecule is [2H]C1NC2(CCCCC2)c2cc(-c3cc(-c4cc(N)ncn4)no3)cc(C)c21. The van der Waals surface area contributed by atoms with Gasteiger partial charge in [0.1, 0.15) is 17.8 Å². The summed E-state index contributed by atoms with van der Waals surface area (Å²) in [5.41, 5.74) is 11.4. The summed E-state index contributed by atoms with van der Waals surface area (Å²) in [6, 6.07) is 7.84. The molecule has 1 aliphatic carbocycles. The maximum absolute atomic E-state index is 8.55. The second kappa shape index (κ2) is 6.16. The molecule has 1 saturated carbocycles. The summed E-state index contributed by atoms with van der Waals surface area (Å²) in [5, 5.41) is 7.75. The molecule has 1 spiro atoms. The van der Waals surface area contributed by atoms with Crippen LogP contribution >= 0.6 is 0 Å². The minimum Gasteiger partial charge on any atom is -0.384 e. The van der Waals surface area contributed by atoms with E-state index in [4.69, 9.17) is 11.6 Å². The molecule has 0 radical (unpaired) electrons. The number of hydrogen-bond acceptors (Lipinski definition) is 6. The van der Waals surface area contributed by atoms with Crippen molar-refractivity contribution in [3.8, 4) is 22.7 Å². The summed E-state index contributed by atoms with van der Waals surface area (Å²) in [5.74, 6) is 1.09. The number of anilines is 1. The van der Waals surface area contributed by atoms with Gasteiger partial charge in [-0.25, -0.2) is 9.97 Å². The lowest BCUT2D eigenvalue weighted by molar-refractivity contribution is 0.252. The molecule has 138 valence electrons. The summed E-state index contributed by atoms with van der Waals surface area (Å²) in [7, 11) is 0. The number of aromatic nitrogens is 3. The maximum Gasteiger partial charge on any atom is 0.167 e. The predicted molar refractivity (Wildman–Crippen MR) is 104 cm³/mol. The Labute approximate surface area is 159 Å². The molecule has 0 amide bonds. The summed E-state index contributed by atoms with van der Waals surface area (Å²) in [6.45, 7) is 1.71. The molecule has 3 heterocycles. The molecule has 3 aromatic rings. The van der Waals surface area contributed by atoms with E-state index in [0.717, 1.165) is 29.5 Å². The van der Waals surface area contributed by atoms with Gasteiger partial charge < -0.3 is 15.6 Å². The monoisotopic (exact) mass is 362 g/mol. The number of nitrogens with two attached hydrogens (primary N) is 1. The number of nitrogens with zero attached hydrogens (tertiary/aromatic N) is 3.